The number of halogens is 1. The quantitative estimate of drug-likeness (QED) is 0.458. The maximum atomic E-state index is 12.4. The number of amides is 1. The average Bonchev–Trinajstić information content (AvgIpc) is 3.24. The highest BCUT2D eigenvalue weighted by Gasteiger charge is 2.16. The Morgan fingerprint density at radius 1 is 1.24 bits per heavy atom. The zero-order valence-electron chi connectivity index (χ0n) is 17.4. The highest BCUT2D eigenvalue weighted by atomic mass is 35.5. The molecule has 0 aliphatic rings. The third kappa shape index (κ3) is 5.25. The van der Waals surface area contributed by atoms with Crippen molar-refractivity contribution in [2.24, 2.45) is 0 Å². The van der Waals surface area contributed by atoms with Gasteiger partial charge in [0.2, 0.25) is 11.0 Å². The Labute approximate surface area is 181 Å². The Balaban J connectivity index is 1.68. The molecule has 0 atom stereocenters. The summed E-state index contributed by atoms with van der Waals surface area (Å²) in [7, 11) is 0. The van der Waals surface area contributed by atoms with Crippen LogP contribution in [0.2, 0.25) is 5.02 Å². The van der Waals surface area contributed by atoms with E-state index in [1.54, 1.807) is 6.07 Å². The summed E-state index contributed by atoms with van der Waals surface area (Å²) in [6.07, 6.45) is 4.87. The number of nitrogens with one attached hydrogen (secondary N) is 1. The Morgan fingerprint density at radius 2 is 2.03 bits per heavy atom. The monoisotopic (exact) mass is 430 g/mol. The summed E-state index contributed by atoms with van der Waals surface area (Å²) in [6.45, 7) is 8.29. The molecule has 2 aromatic heterocycles. The minimum absolute atomic E-state index is 0.115. The summed E-state index contributed by atoms with van der Waals surface area (Å²) in [5.74, 6) is -0.115. The summed E-state index contributed by atoms with van der Waals surface area (Å²) in [5.41, 5.74) is 5.91. The van der Waals surface area contributed by atoms with E-state index in [2.05, 4.69) is 36.2 Å². The zero-order valence-corrected chi connectivity index (χ0v) is 19.0. The van der Waals surface area contributed by atoms with Gasteiger partial charge in [-0.2, -0.15) is 5.10 Å². The second-order valence-electron chi connectivity index (χ2n) is 7.33. The van der Waals surface area contributed by atoms with Crippen molar-refractivity contribution in [1.29, 1.82) is 0 Å². The van der Waals surface area contributed by atoms with Gasteiger partial charge in [0.05, 0.1) is 17.8 Å². The van der Waals surface area contributed by atoms with E-state index in [0.29, 0.717) is 10.7 Å². The van der Waals surface area contributed by atoms with Crippen molar-refractivity contribution in [1.82, 2.24) is 14.8 Å². The van der Waals surface area contributed by atoms with E-state index in [4.69, 9.17) is 11.6 Å². The zero-order chi connectivity index (χ0) is 21.0. The van der Waals surface area contributed by atoms with Crippen LogP contribution in [0.25, 0.3) is 5.13 Å². The van der Waals surface area contributed by atoms with E-state index in [1.165, 1.54) is 36.2 Å². The largest absolute Gasteiger partial charge is 0.326 e. The molecular weight excluding hydrogens is 404 g/mol. The molecular formula is C22H27ClN4OS. The lowest BCUT2D eigenvalue weighted by atomic mass is 10.1. The number of benzene rings is 1. The van der Waals surface area contributed by atoms with Crippen molar-refractivity contribution in [2.75, 3.05) is 5.32 Å². The smallest absolute Gasteiger partial charge is 0.230 e. The number of carbonyl (C=O) groups is 1. The van der Waals surface area contributed by atoms with Gasteiger partial charge in [0.15, 0.2) is 0 Å². The van der Waals surface area contributed by atoms with Gasteiger partial charge in [0.1, 0.15) is 0 Å². The molecule has 29 heavy (non-hydrogen) atoms. The first-order chi connectivity index (χ1) is 13.9. The summed E-state index contributed by atoms with van der Waals surface area (Å²) in [5, 5.41) is 10.9. The number of nitrogens with zero attached hydrogens (tertiary/aromatic N) is 3. The van der Waals surface area contributed by atoms with Crippen LogP contribution < -0.4 is 5.32 Å². The summed E-state index contributed by atoms with van der Waals surface area (Å²) < 4.78 is 1.91. The lowest BCUT2D eigenvalue weighted by Gasteiger charge is -2.06. The number of thiazole rings is 1. The molecule has 0 fully saturated rings. The fraction of sp³-hybridized carbons (Fsp3) is 0.409. The molecule has 0 aliphatic heterocycles. The van der Waals surface area contributed by atoms with Crippen LogP contribution in [0.5, 0.6) is 0 Å². The standard InChI is InChI=1S/C22H27ClN4OS/c1-5-6-7-8-19-15(3)26-27(16(19)4)22-25-18(13-29-22)12-21(28)24-17-10-9-14(2)20(23)11-17/h9-11,13H,5-8,12H2,1-4H3,(H,24,28). The van der Waals surface area contributed by atoms with Crippen molar-refractivity contribution in [3.63, 3.8) is 0 Å². The molecule has 0 radical (unpaired) electrons. The van der Waals surface area contributed by atoms with E-state index in [0.717, 1.165) is 34.2 Å². The number of hydrogen-bond donors (Lipinski definition) is 1. The molecule has 0 saturated heterocycles. The molecule has 0 bridgehead atoms. The predicted molar refractivity (Wildman–Crippen MR) is 120 cm³/mol. The molecule has 7 heteroatoms. The Morgan fingerprint density at radius 3 is 2.76 bits per heavy atom. The minimum atomic E-state index is -0.115. The van der Waals surface area contributed by atoms with Gasteiger partial charge in [-0.1, -0.05) is 37.4 Å². The van der Waals surface area contributed by atoms with Crippen molar-refractivity contribution in [3.05, 3.63) is 56.8 Å². The first kappa shape index (κ1) is 21.5. The molecule has 1 N–H and O–H groups in total. The van der Waals surface area contributed by atoms with Gasteiger partial charge in [-0.05, 0) is 56.9 Å². The summed E-state index contributed by atoms with van der Waals surface area (Å²) in [6, 6.07) is 5.50. The van der Waals surface area contributed by atoms with E-state index in [9.17, 15) is 4.79 Å². The first-order valence-electron chi connectivity index (χ1n) is 9.95. The average molecular weight is 431 g/mol. The van der Waals surface area contributed by atoms with Crippen LogP contribution >= 0.6 is 22.9 Å². The molecule has 1 amide bonds. The van der Waals surface area contributed by atoms with E-state index in [-0.39, 0.29) is 12.3 Å². The number of hydrogen-bond acceptors (Lipinski definition) is 4. The van der Waals surface area contributed by atoms with E-state index in [1.807, 2.05) is 29.1 Å². The van der Waals surface area contributed by atoms with Gasteiger partial charge in [-0.25, -0.2) is 9.67 Å². The second kappa shape index (κ2) is 9.55. The summed E-state index contributed by atoms with van der Waals surface area (Å²) in [4.78, 5) is 17.0. The van der Waals surface area contributed by atoms with Gasteiger partial charge < -0.3 is 5.32 Å². The third-order valence-corrected chi connectivity index (χ3v) is 6.26. The number of aryl methyl sites for hydroxylation is 2. The molecule has 0 unspecified atom stereocenters. The fourth-order valence-corrected chi connectivity index (χ4v) is 4.30. The molecule has 5 nitrogen and oxygen atoms in total. The predicted octanol–water partition coefficient (Wildman–Crippen LogP) is 5.82. The van der Waals surface area contributed by atoms with Crippen molar-refractivity contribution >= 4 is 34.5 Å². The molecule has 1 aromatic carbocycles. The van der Waals surface area contributed by atoms with Crippen molar-refractivity contribution in [3.8, 4) is 5.13 Å². The van der Waals surface area contributed by atoms with Gasteiger partial charge in [-0.15, -0.1) is 11.3 Å². The minimum Gasteiger partial charge on any atom is -0.326 e. The van der Waals surface area contributed by atoms with Crippen LogP contribution in [0, 0.1) is 20.8 Å². The summed E-state index contributed by atoms with van der Waals surface area (Å²) >= 11 is 7.63. The number of aromatic nitrogens is 3. The maximum absolute atomic E-state index is 12.4. The van der Waals surface area contributed by atoms with E-state index < -0.39 is 0 Å². The van der Waals surface area contributed by atoms with Gasteiger partial charge >= 0.3 is 0 Å². The Hall–Kier alpha value is -2.18. The highest BCUT2D eigenvalue weighted by molar-refractivity contribution is 7.12. The SMILES string of the molecule is CCCCCc1c(C)nn(-c2nc(CC(=O)Nc3ccc(C)c(Cl)c3)cs2)c1C. The Bertz CT molecular complexity index is 1010. The third-order valence-electron chi connectivity index (χ3n) is 4.99. The molecule has 2 heterocycles. The highest BCUT2D eigenvalue weighted by Crippen LogP contribution is 2.23. The number of rotatable bonds is 8. The normalized spacial score (nSPS) is 11.1. The molecule has 0 spiro atoms. The van der Waals surface area contributed by atoms with Crippen molar-refractivity contribution < 1.29 is 4.79 Å². The van der Waals surface area contributed by atoms with Crippen LogP contribution in [0.1, 0.15) is 54.4 Å². The number of anilines is 1. The fourth-order valence-electron chi connectivity index (χ4n) is 3.29. The molecule has 0 aliphatic carbocycles. The van der Waals surface area contributed by atoms with Gasteiger partial charge in [-0.3, -0.25) is 4.79 Å². The van der Waals surface area contributed by atoms with Crippen LogP contribution in [0.4, 0.5) is 5.69 Å². The van der Waals surface area contributed by atoms with E-state index >= 15 is 0 Å². The molecule has 0 saturated carbocycles. The molecule has 3 rings (SSSR count). The lowest BCUT2D eigenvalue weighted by molar-refractivity contribution is -0.115. The van der Waals surface area contributed by atoms with Crippen LogP contribution in [-0.2, 0) is 17.6 Å². The van der Waals surface area contributed by atoms with Crippen LogP contribution in [0.15, 0.2) is 23.6 Å². The van der Waals surface area contributed by atoms with Crippen LogP contribution in [-0.4, -0.2) is 20.7 Å². The Kier molecular flexibility index (Phi) is 7.09. The lowest BCUT2D eigenvalue weighted by Crippen LogP contribution is -2.14. The topological polar surface area (TPSA) is 59.8 Å². The van der Waals surface area contributed by atoms with Gasteiger partial charge in [0, 0.05) is 21.8 Å². The molecule has 3 aromatic rings. The maximum Gasteiger partial charge on any atom is 0.230 e. The number of unbranched alkanes of at least 4 members (excludes halogenated alkanes) is 2. The number of carbonyl (C=O) groups excluding carboxylic acids is 1. The second-order valence-corrected chi connectivity index (χ2v) is 8.57. The van der Waals surface area contributed by atoms with Crippen molar-refractivity contribution in [2.45, 2.75) is 59.8 Å². The first-order valence-corrected chi connectivity index (χ1v) is 11.2. The van der Waals surface area contributed by atoms with Gasteiger partial charge in [0.25, 0.3) is 0 Å². The molecule has 154 valence electrons. The van der Waals surface area contributed by atoms with Crippen LogP contribution in [0.3, 0.4) is 0 Å².